The summed E-state index contributed by atoms with van der Waals surface area (Å²) < 4.78 is 7.35. The third-order valence-electron chi connectivity index (χ3n) is 12.2. The summed E-state index contributed by atoms with van der Waals surface area (Å²) in [4.78, 5) is 2.46. The molecule has 278 valence electrons. The fourth-order valence-corrected chi connectivity index (χ4v) is 9.65. The highest BCUT2D eigenvalue weighted by Crippen LogP contribution is 2.43. The minimum Gasteiger partial charge on any atom is -0.335 e. The van der Waals surface area contributed by atoms with Crippen LogP contribution in [0.3, 0.4) is 0 Å². The normalized spacial score (nSPS) is 13.5. The Labute approximate surface area is 342 Å². The van der Waals surface area contributed by atoms with Crippen LogP contribution in [0.1, 0.15) is 16.8 Å². The maximum Gasteiger partial charge on any atom is 0.0788 e. The van der Waals surface area contributed by atoms with Gasteiger partial charge in [-0.1, -0.05) is 140 Å². The number of benzene rings is 8. The zero-order chi connectivity index (χ0) is 39.0. The molecule has 11 aromatic rings. The Bertz CT molecular complexity index is 3470. The van der Waals surface area contributed by atoms with Crippen molar-refractivity contribution in [2.75, 3.05) is 4.90 Å². The lowest BCUT2D eigenvalue weighted by Crippen LogP contribution is -2.20. The van der Waals surface area contributed by atoms with Gasteiger partial charge in [-0.25, -0.2) is 0 Å². The molecule has 4 heteroatoms. The maximum absolute atomic E-state index is 4.59. The molecule has 0 spiro atoms. The molecule has 0 radical (unpaired) electrons. The van der Waals surface area contributed by atoms with Crippen LogP contribution in [-0.4, -0.2) is 13.7 Å². The predicted molar refractivity (Wildman–Crippen MR) is 249 cm³/mol. The zero-order valence-corrected chi connectivity index (χ0v) is 32.3. The van der Waals surface area contributed by atoms with E-state index in [1.54, 1.807) is 0 Å². The van der Waals surface area contributed by atoms with E-state index in [1.807, 2.05) is 0 Å². The van der Waals surface area contributed by atoms with Gasteiger partial charge in [-0.15, -0.1) is 0 Å². The van der Waals surface area contributed by atoms with Gasteiger partial charge in [0.1, 0.15) is 0 Å². The summed E-state index contributed by atoms with van der Waals surface area (Å²) in [7, 11) is 0. The first kappa shape index (κ1) is 33.3. The largest absolute Gasteiger partial charge is 0.335 e. The highest BCUT2D eigenvalue weighted by atomic mass is 15.2. The van der Waals surface area contributed by atoms with Crippen LogP contribution in [0.2, 0.25) is 0 Å². The van der Waals surface area contributed by atoms with Gasteiger partial charge in [0.2, 0.25) is 0 Å². The second-order valence-electron chi connectivity index (χ2n) is 15.4. The molecule has 0 aliphatic carbocycles. The van der Waals surface area contributed by atoms with E-state index in [1.165, 1.54) is 65.8 Å². The second kappa shape index (κ2) is 13.1. The Morgan fingerprint density at radius 1 is 0.356 bits per heavy atom. The summed E-state index contributed by atoms with van der Waals surface area (Å²) in [5.41, 5.74) is 16.1. The lowest BCUT2D eigenvalue weighted by atomic mass is 10.0. The van der Waals surface area contributed by atoms with Gasteiger partial charge >= 0.3 is 0 Å². The van der Waals surface area contributed by atoms with Gasteiger partial charge < -0.3 is 18.6 Å². The number of rotatable bonds is 4. The Kier molecular flexibility index (Phi) is 7.41. The van der Waals surface area contributed by atoms with E-state index in [9.17, 15) is 0 Å². The molecule has 0 atom stereocenters. The summed E-state index contributed by atoms with van der Waals surface area (Å²) >= 11 is 0. The van der Waals surface area contributed by atoms with Gasteiger partial charge in [0.25, 0.3) is 0 Å². The first-order chi connectivity index (χ1) is 29.2. The molecule has 4 nitrogen and oxygen atoms in total. The predicted octanol–water partition coefficient (Wildman–Crippen LogP) is 14.2. The van der Waals surface area contributed by atoms with Gasteiger partial charge in [0, 0.05) is 66.5 Å². The molecule has 1 aliphatic heterocycles. The van der Waals surface area contributed by atoms with Gasteiger partial charge in [0.05, 0.1) is 39.8 Å². The van der Waals surface area contributed by atoms with Crippen LogP contribution in [0.4, 0.5) is 11.4 Å². The van der Waals surface area contributed by atoms with Crippen molar-refractivity contribution in [2.24, 2.45) is 0 Å². The van der Waals surface area contributed by atoms with Gasteiger partial charge in [0.15, 0.2) is 0 Å². The third-order valence-corrected chi connectivity index (χ3v) is 12.2. The van der Waals surface area contributed by atoms with Crippen molar-refractivity contribution in [3.8, 4) is 17.1 Å². The van der Waals surface area contributed by atoms with Crippen molar-refractivity contribution < 1.29 is 0 Å². The molecule has 0 N–H and O–H groups in total. The number of hydrogen-bond acceptors (Lipinski definition) is 1. The minimum absolute atomic E-state index is 0.653. The number of para-hydroxylation sites is 6. The van der Waals surface area contributed by atoms with E-state index in [-0.39, 0.29) is 0 Å². The van der Waals surface area contributed by atoms with E-state index in [0.29, 0.717) is 6.54 Å². The number of aromatic nitrogens is 3. The standard InChI is InChI=1S/C55H38N4/c1-37-28-33-46-43-21-9-13-25-50(43)57(39-16-4-2-5-17-39)53(46)36-56(49-24-12-8-20-42(37)49)38-29-31-41(32-30-38)59-52-27-15-11-23-45(52)48-35-34-47-44-22-10-14-26-51(44)58(54(47)55(48)59)40-18-6-3-7-19-40/h2-35H,1,36H2/b33-28-. The quantitative estimate of drug-likeness (QED) is 0.175. The molecular formula is C55H38N4. The SMILES string of the molecule is C=C1/C=C\c2c(n(-c3ccccc3)c3ccccc23)CN(c2ccc(-n3c4ccccc4c4ccc5c6ccccc6n(-c6ccccc6)c5c43)cc2)c2ccccc21. The average Bonchev–Trinajstić information content (AvgIpc) is 3.94. The second-order valence-corrected chi connectivity index (χ2v) is 15.4. The van der Waals surface area contributed by atoms with E-state index < -0.39 is 0 Å². The molecule has 59 heavy (non-hydrogen) atoms. The molecule has 0 amide bonds. The minimum atomic E-state index is 0.653. The van der Waals surface area contributed by atoms with Crippen molar-refractivity contribution in [1.82, 2.24) is 13.7 Å². The molecular weight excluding hydrogens is 717 g/mol. The zero-order valence-electron chi connectivity index (χ0n) is 32.3. The Hall–Kier alpha value is -7.82. The molecule has 1 aliphatic rings. The molecule has 12 rings (SSSR count). The Morgan fingerprint density at radius 2 is 0.814 bits per heavy atom. The van der Waals surface area contributed by atoms with Crippen LogP contribution in [0, 0.1) is 0 Å². The first-order valence-electron chi connectivity index (χ1n) is 20.3. The third kappa shape index (κ3) is 5.03. The van der Waals surface area contributed by atoms with Crippen LogP contribution in [0.25, 0.3) is 83.2 Å². The maximum atomic E-state index is 4.59. The van der Waals surface area contributed by atoms with Crippen molar-refractivity contribution >= 4 is 77.5 Å². The number of nitrogens with zero attached hydrogens (tertiary/aromatic N) is 4. The Balaban J connectivity index is 1.09. The van der Waals surface area contributed by atoms with E-state index in [0.717, 1.165) is 39.6 Å². The summed E-state index contributed by atoms with van der Waals surface area (Å²) in [6.45, 7) is 5.25. The fourth-order valence-electron chi connectivity index (χ4n) is 9.65. The summed E-state index contributed by atoms with van der Waals surface area (Å²) in [6, 6.07) is 70.3. The molecule has 0 saturated carbocycles. The summed E-state index contributed by atoms with van der Waals surface area (Å²) in [6.07, 6.45) is 4.45. The molecule has 4 heterocycles. The van der Waals surface area contributed by atoms with Crippen LogP contribution in [0.5, 0.6) is 0 Å². The van der Waals surface area contributed by atoms with E-state index in [2.05, 4.69) is 231 Å². The lowest BCUT2D eigenvalue weighted by Gasteiger charge is -2.28. The Morgan fingerprint density at radius 3 is 1.42 bits per heavy atom. The first-order valence-corrected chi connectivity index (χ1v) is 20.3. The molecule has 0 saturated heterocycles. The van der Waals surface area contributed by atoms with Gasteiger partial charge in [-0.05, 0) is 78.4 Å². The summed E-state index contributed by atoms with van der Waals surface area (Å²) in [5.74, 6) is 0. The van der Waals surface area contributed by atoms with Crippen molar-refractivity contribution in [3.05, 3.63) is 224 Å². The van der Waals surface area contributed by atoms with Crippen LogP contribution >= 0.6 is 0 Å². The van der Waals surface area contributed by atoms with E-state index >= 15 is 0 Å². The van der Waals surface area contributed by atoms with Crippen molar-refractivity contribution in [1.29, 1.82) is 0 Å². The van der Waals surface area contributed by atoms with Crippen LogP contribution in [0.15, 0.2) is 207 Å². The summed E-state index contributed by atoms with van der Waals surface area (Å²) in [5, 5.41) is 6.18. The van der Waals surface area contributed by atoms with Gasteiger partial charge in [-0.3, -0.25) is 0 Å². The molecule has 0 fully saturated rings. The molecule has 0 bridgehead atoms. The van der Waals surface area contributed by atoms with Crippen LogP contribution < -0.4 is 4.90 Å². The highest BCUT2D eigenvalue weighted by Gasteiger charge is 2.25. The number of fused-ring (bicyclic) bond motifs is 11. The van der Waals surface area contributed by atoms with Crippen LogP contribution in [-0.2, 0) is 6.54 Å². The lowest BCUT2D eigenvalue weighted by molar-refractivity contribution is 0.886. The van der Waals surface area contributed by atoms with Crippen molar-refractivity contribution in [2.45, 2.75) is 6.54 Å². The fraction of sp³-hybridized carbons (Fsp3) is 0.0182. The van der Waals surface area contributed by atoms with Gasteiger partial charge in [-0.2, -0.15) is 0 Å². The number of anilines is 2. The highest BCUT2D eigenvalue weighted by molar-refractivity contribution is 6.23. The topological polar surface area (TPSA) is 18.0 Å². The molecule has 0 unspecified atom stereocenters. The number of allylic oxidation sites excluding steroid dienone is 2. The number of hydrogen-bond donors (Lipinski definition) is 0. The molecule has 8 aromatic carbocycles. The van der Waals surface area contributed by atoms with E-state index in [4.69, 9.17) is 0 Å². The monoisotopic (exact) mass is 754 g/mol. The smallest absolute Gasteiger partial charge is 0.0788 e. The average molecular weight is 755 g/mol. The van der Waals surface area contributed by atoms with Crippen molar-refractivity contribution in [3.63, 3.8) is 0 Å². The molecule has 3 aromatic heterocycles.